The summed E-state index contributed by atoms with van der Waals surface area (Å²) in [7, 11) is 0. The van der Waals surface area contributed by atoms with Gasteiger partial charge in [0, 0.05) is 48.4 Å². The van der Waals surface area contributed by atoms with Gasteiger partial charge in [0.25, 0.3) is 0 Å². The third-order valence-corrected chi connectivity index (χ3v) is 4.49. The molecule has 0 amide bonds. The highest BCUT2D eigenvalue weighted by Crippen LogP contribution is 2.24. The number of halogens is 2. The molecule has 5 heteroatoms. The van der Waals surface area contributed by atoms with Gasteiger partial charge in [0.05, 0.1) is 0 Å². The fraction of sp³-hybridized carbons (Fsp3) is 0.294. The van der Waals surface area contributed by atoms with Crippen LogP contribution in [0.15, 0.2) is 46.9 Å². The van der Waals surface area contributed by atoms with Crippen molar-refractivity contribution < 1.29 is 9.50 Å². The summed E-state index contributed by atoms with van der Waals surface area (Å²) in [5.74, 6) is 0.136. The highest BCUT2D eigenvalue weighted by molar-refractivity contribution is 9.10. The minimum absolute atomic E-state index is 0.201. The number of piperazine rings is 1. The molecule has 2 aromatic carbocycles. The summed E-state index contributed by atoms with van der Waals surface area (Å²) in [5.41, 5.74) is 2.00. The maximum atomic E-state index is 13.0. The fourth-order valence-electron chi connectivity index (χ4n) is 2.74. The molecule has 0 bridgehead atoms. The lowest BCUT2D eigenvalue weighted by molar-refractivity contribution is 0.246. The van der Waals surface area contributed by atoms with E-state index in [0.717, 1.165) is 48.4 Å². The Morgan fingerprint density at radius 3 is 2.36 bits per heavy atom. The van der Waals surface area contributed by atoms with E-state index >= 15 is 0 Å². The number of rotatable bonds is 3. The van der Waals surface area contributed by atoms with Crippen LogP contribution in [0.3, 0.4) is 0 Å². The third kappa shape index (κ3) is 3.59. The first-order valence-electron chi connectivity index (χ1n) is 7.32. The first-order valence-corrected chi connectivity index (χ1v) is 8.11. The molecule has 1 aliphatic heterocycles. The molecular formula is C17H18BrFN2O. The van der Waals surface area contributed by atoms with Crippen LogP contribution >= 0.6 is 15.9 Å². The van der Waals surface area contributed by atoms with Crippen LogP contribution < -0.4 is 4.90 Å². The summed E-state index contributed by atoms with van der Waals surface area (Å²) >= 11 is 3.44. The second kappa shape index (κ2) is 6.67. The predicted molar refractivity (Wildman–Crippen MR) is 89.7 cm³/mol. The number of benzene rings is 2. The molecule has 0 atom stereocenters. The van der Waals surface area contributed by atoms with Crippen LogP contribution in [-0.4, -0.2) is 36.2 Å². The predicted octanol–water partition coefficient (Wildman–Crippen LogP) is 3.62. The van der Waals surface area contributed by atoms with E-state index in [1.165, 1.54) is 12.1 Å². The number of anilines is 1. The van der Waals surface area contributed by atoms with E-state index in [1.807, 2.05) is 24.3 Å². The second-order valence-corrected chi connectivity index (χ2v) is 6.43. The third-order valence-electron chi connectivity index (χ3n) is 4.00. The van der Waals surface area contributed by atoms with Crippen LogP contribution in [0.1, 0.15) is 5.56 Å². The number of hydrogen-bond donors (Lipinski definition) is 1. The lowest BCUT2D eigenvalue weighted by Gasteiger charge is -2.36. The second-order valence-electron chi connectivity index (χ2n) is 5.51. The molecule has 0 unspecified atom stereocenters. The molecule has 0 saturated carbocycles. The Bertz CT molecular complexity index is 640. The molecule has 1 fully saturated rings. The molecule has 3 rings (SSSR count). The smallest absolute Gasteiger partial charge is 0.123 e. The van der Waals surface area contributed by atoms with Crippen molar-refractivity contribution in [2.45, 2.75) is 6.54 Å². The molecule has 0 radical (unpaired) electrons. The summed E-state index contributed by atoms with van der Waals surface area (Å²) < 4.78 is 14.0. The Hall–Kier alpha value is -1.59. The largest absolute Gasteiger partial charge is 0.508 e. The molecule has 1 saturated heterocycles. The minimum Gasteiger partial charge on any atom is -0.508 e. The molecule has 2 aromatic rings. The molecule has 1 heterocycles. The first kappa shape index (κ1) is 15.3. The van der Waals surface area contributed by atoms with Crippen molar-refractivity contribution >= 4 is 21.6 Å². The van der Waals surface area contributed by atoms with E-state index in [4.69, 9.17) is 0 Å². The van der Waals surface area contributed by atoms with Crippen molar-refractivity contribution in [1.82, 2.24) is 4.90 Å². The van der Waals surface area contributed by atoms with Crippen molar-refractivity contribution in [3.63, 3.8) is 0 Å². The quantitative estimate of drug-likeness (QED) is 0.900. The zero-order valence-corrected chi connectivity index (χ0v) is 13.8. The van der Waals surface area contributed by atoms with E-state index in [-0.39, 0.29) is 5.82 Å². The molecule has 3 nitrogen and oxygen atoms in total. The van der Waals surface area contributed by atoms with Gasteiger partial charge in [0.15, 0.2) is 0 Å². The maximum absolute atomic E-state index is 13.0. The molecule has 1 aliphatic rings. The lowest BCUT2D eigenvalue weighted by atomic mass is 10.1. The van der Waals surface area contributed by atoms with Crippen LogP contribution in [0, 0.1) is 5.82 Å². The Morgan fingerprint density at radius 2 is 1.68 bits per heavy atom. The average molecular weight is 365 g/mol. The molecule has 1 N–H and O–H groups in total. The standard InChI is InChI=1S/C17H18BrFN2O/c18-14-1-6-17(22)13(11-14)12-20-7-9-21(10-8-20)16-4-2-15(19)3-5-16/h1-6,11,22H,7-10,12H2. The van der Waals surface area contributed by atoms with E-state index in [2.05, 4.69) is 25.7 Å². The van der Waals surface area contributed by atoms with Gasteiger partial charge < -0.3 is 10.0 Å². The van der Waals surface area contributed by atoms with Gasteiger partial charge in [-0.3, -0.25) is 4.90 Å². The van der Waals surface area contributed by atoms with E-state index in [1.54, 1.807) is 6.07 Å². The van der Waals surface area contributed by atoms with Gasteiger partial charge in [-0.25, -0.2) is 4.39 Å². The van der Waals surface area contributed by atoms with Crippen molar-refractivity contribution in [2.24, 2.45) is 0 Å². The summed E-state index contributed by atoms with van der Waals surface area (Å²) in [5, 5.41) is 9.93. The number of phenolic OH excluding ortho intramolecular Hbond substituents is 1. The normalized spacial score (nSPS) is 16.0. The molecular weight excluding hydrogens is 347 g/mol. The van der Waals surface area contributed by atoms with Gasteiger partial charge in [-0.15, -0.1) is 0 Å². The lowest BCUT2D eigenvalue weighted by Crippen LogP contribution is -2.45. The Morgan fingerprint density at radius 1 is 1.00 bits per heavy atom. The highest BCUT2D eigenvalue weighted by Gasteiger charge is 2.18. The molecule has 116 valence electrons. The first-order chi connectivity index (χ1) is 10.6. The Kier molecular flexibility index (Phi) is 4.64. The summed E-state index contributed by atoms with van der Waals surface area (Å²) in [6.45, 7) is 4.38. The topological polar surface area (TPSA) is 26.7 Å². The van der Waals surface area contributed by atoms with E-state index in [0.29, 0.717) is 5.75 Å². The van der Waals surface area contributed by atoms with Gasteiger partial charge >= 0.3 is 0 Å². The van der Waals surface area contributed by atoms with E-state index in [9.17, 15) is 9.50 Å². The van der Waals surface area contributed by atoms with Crippen LogP contribution in [-0.2, 0) is 6.54 Å². The number of phenols is 1. The number of nitrogens with zero attached hydrogens (tertiary/aromatic N) is 2. The molecule has 0 aromatic heterocycles. The van der Waals surface area contributed by atoms with Crippen LogP contribution in [0.4, 0.5) is 10.1 Å². The van der Waals surface area contributed by atoms with Crippen LogP contribution in [0.2, 0.25) is 0 Å². The fourth-order valence-corrected chi connectivity index (χ4v) is 3.15. The highest BCUT2D eigenvalue weighted by atomic mass is 79.9. The average Bonchev–Trinajstić information content (AvgIpc) is 2.53. The molecule has 0 aliphatic carbocycles. The summed E-state index contributed by atoms with van der Waals surface area (Å²) in [6.07, 6.45) is 0. The van der Waals surface area contributed by atoms with Gasteiger partial charge in [-0.05, 0) is 42.5 Å². The number of aromatic hydroxyl groups is 1. The van der Waals surface area contributed by atoms with Crippen molar-refractivity contribution in [3.8, 4) is 5.75 Å². The van der Waals surface area contributed by atoms with Crippen molar-refractivity contribution in [3.05, 3.63) is 58.3 Å². The van der Waals surface area contributed by atoms with Gasteiger partial charge in [0.2, 0.25) is 0 Å². The summed E-state index contributed by atoms with van der Waals surface area (Å²) in [4.78, 5) is 4.58. The minimum atomic E-state index is -0.201. The monoisotopic (exact) mass is 364 g/mol. The Balaban J connectivity index is 1.60. The maximum Gasteiger partial charge on any atom is 0.123 e. The zero-order valence-electron chi connectivity index (χ0n) is 12.2. The van der Waals surface area contributed by atoms with E-state index < -0.39 is 0 Å². The van der Waals surface area contributed by atoms with Gasteiger partial charge in [-0.1, -0.05) is 15.9 Å². The summed E-state index contributed by atoms with van der Waals surface area (Å²) in [6, 6.07) is 12.2. The van der Waals surface area contributed by atoms with Gasteiger partial charge in [-0.2, -0.15) is 0 Å². The molecule has 22 heavy (non-hydrogen) atoms. The Labute approximate surface area is 138 Å². The zero-order chi connectivity index (χ0) is 15.5. The SMILES string of the molecule is Oc1ccc(Br)cc1CN1CCN(c2ccc(F)cc2)CC1. The molecule has 0 spiro atoms. The van der Waals surface area contributed by atoms with Gasteiger partial charge in [0.1, 0.15) is 11.6 Å². The van der Waals surface area contributed by atoms with Crippen molar-refractivity contribution in [2.75, 3.05) is 31.1 Å². The van der Waals surface area contributed by atoms with Crippen molar-refractivity contribution in [1.29, 1.82) is 0 Å². The van der Waals surface area contributed by atoms with Crippen LogP contribution in [0.25, 0.3) is 0 Å². The van der Waals surface area contributed by atoms with Crippen LogP contribution in [0.5, 0.6) is 5.75 Å². The number of hydrogen-bond acceptors (Lipinski definition) is 3.